The number of amides is 1. The number of rotatable bonds is 3. The second kappa shape index (κ2) is 5.33. The monoisotopic (exact) mass is 338 g/mol. The van der Waals surface area contributed by atoms with Gasteiger partial charge >= 0.3 is 0 Å². The van der Waals surface area contributed by atoms with Gasteiger partial charge in [-0.3, -0.25) is 4.79 Å². The highest BCUT2D eigenvalue weighted by molar-refractivity contribution is 7.91. The van der Waals surface area contributed by atoms with Crippen molar-refractivity contribution in [2.75, 3.05) is 11.5 Å². The Balaban J connectivity index is 1.86. The van der Waals surface area contributed by atoms with E-state index in [1.165, 1.54) is 12.1 Å². The molecule has 0 bridgehead atoms. The number of fused-ring (bicyclic) bond motifs is 1. The highest BCUT2D eigenvalue weighted by atomic mass is 32.2. The Bertz CT molecular complexity index is 871. The smallest absolute Gasteiger partial charge is 0.230 e. The third kappa shape index (κ3) is 2.97. The number of benzene rings is 1. The fraction of sp³-hybridized carbons (Fsp3) is 0.438. The first kappa shape index (κ1) is 16.0. The van der Waals surface area contributed by atoms with Gasteiger partial charge < -0.3 is 10.3 Å². The lowest BCUT2D eigenvalue weighted by Crippen LogP contribution is -2.45. The van der Waals surface area contributed by atoms with Crippen LogP contribution in [0.15, 0.2) is 24.4 Å². The topological polar surface area (TPSA) is 79.0 Å². The zero-order valence-electron chi connectivity index (χ0n) is 13.0. The van der Waals surface area contributed by atoms with Crippen molar-refractivity contribution in [2.24, 2.45) is 0 Å². The standard InChI is InChI=1S/C16H19FN2O3S/c1-16(2,15(20)19-11-5-6-23(21,22)9-11)13-8-18-14-7-10(17)3-4-12(13)14/h3-4,7-8,11,18H,5-6,9H2,1-2H3,(H,19,20). The zero-order chi connectivity index (χ0) is 16.8. The summed E-state index contributed by atoms with van der Waals surface area (Å²) in [6, 6.07) is 4.05. The lowest BCUT2D eigenvalue weighted by molar-refractivity contribution is -0.126. The minimum atomic E-state index is -3.04. The summed E-state index contributed by atoms with van der Waals surface area (Å²) in [6.07, 6.45) is 2.15. The van der Waals surface area contributed by atoms with Crippen LogP contribution in [0.3, 0.4) is 0 Å². The van der Waals surface area contributed by atoms with E-state index in [2.05, 4.69) is 10.3 Å². The summed E-state index contributed by atoms with van der Waals surface area (Å²) in [6.45, 7) is 3.55. The summed E-state index contributed by atoms with van der Waals surface area (Å²) >= 11 is 0. The van der Waals surface area contributed by atoms with Crippen LogP contribution in [0.25, 0.3) is 10.9 Å². The summed E-state index contributed by atoms with van der Waals surface area (Å²) in [5.41, 5.74) is 0.526. The number of carbonyl (C=O) groups excluding carboxylic acids is 1. The Morgan fingerprint density at radius 3 is 2.78 bits per heavy atom. The second-order valence-electron chi connectivity index (χ2n) is 6.59. The van der Waals surface area contributed by atoms with Gasteiger partial charge in [0.05, 0.1) is 16.9 Å². The molecule has 1 aliphatic heterocycles. The summed E-state index contributed by atoms with van der Waals surface area (Å²) in [5, 5.41) is 3.62. The van der Waals surface area contributed by atoms with Crippen LogP contribution in [-0.2, 0) is 20.0 Å². The maximum atomic E-state index is 13.3. The van der Waals surface area contributed by atoms with E-state index in [9.17, 15) is 17.6 Å². The first-order chi connectivity index (χ1) is 10.7. The predicted molar refractivity (Wildman–Crippen MR) is 86.5 cm³/mol. The Labute approximate surface area is 134 Å². The van der Waals surface area contributed by atoms with Gasteiger partial charge in [-0.05, 0) is 44.0 Å². The van der Waals surface area contributed by atoms with Gasteiger partial charge in [-0.2, -0.15) is 0 Å². The van der Waals surface area contributed by atoms with E-state index in [0.717, 1.165) is 10.9 Å². The summed E-state index contributed by atoms with van der Waals surface area (Å²) < 4.78 is 36.3. The van der Waals surface area contributed by atoms with E-state index in [1.807, 2.05) is 0 Å². The zero-order valence-corrected chi connectivity index (χ0v) is 13.8. The molecule has 5 nitrogen and oxygen atoms in total. The molecule has 0 aliphatic carbocycles. The maximum absolute atomic E-state index is 13.3. The number of hydrogen-bond donors (Lipinski definition) is 2. The van der Waals surface area contributed by atoms with E-state index in [-0.39, 0.29) is 29.3 Å². The quantitative estimate of drug-likeness (QED) is 0.897. The minimum absolute atomic E-state index is 0.00604. The highest BCUT2D eigenvalue weighted by Crippen LogP contribution is 2.31. The van der Waals surface area contributed by atoms with Crippen LogP contribution >= 0.6 is 0 Å². The normalized spacial score (nSPS) is 20.7. The number of H-pyrrole nitrogens is 1. The maximum Gasteiger partial charge on any atom is 0.230 e. The van der Waals surface area contributed by atoms with Crippen LogP contribution in [0, 0.1) is 5.82 Å². The first-order valence-corrected chi connectivity index (χ1v) is 9.30. The fourth-order valence-electron chi connectivity index (χ4n) is 3.01. The number of aromatic nitrogens is 1. The average Bonchev–Trinajstić information content (AvgIpc) is 3.01. The second-order valence-corrected chi connectivity index (χ2v) is 8.82. The first-order valence-electron chi connectivity index (χ1n) is 7.47. The van der Waals surface area contributed by atoms with Crippen molar-refractivity contribution < 1.29 is 17.6 Å². The number of nitrogens with one attached hydrogen (secondary N) is 2. The van der Waals surface area contributed by atoms with E-state index in [1.54, 1.807) is 26.1 Å². The molecule has 2 heterocycles. The Kier molecular flexibility index (Phi) is 3.71. The minimum Gasteiger partial charge on any atom is -0.361 e. The number of hydrogen-bond acceptors (Lipinski definition) is 3. The molecule has 0 saturated carbocycles. The average molecular weight is 338 g/mol. The van der Waals surface area contributed by atoms with Crippen molar-refractivity contribution in [3.8, 4) is 0 Å². The number of sulfone groups is 1. The van der Waals surface area contributed by atoms with E-state index in [0.29, 0.717) is 11.9 Å². The number of carbonyl (C=O) groups is 1. The van der Waals surface area contributed by atoms with Gasteiger partial charge in [0.15, 0.2) is 9.84 Å². The van der Waals surface area contributed by atoms with Crippen LogP contribution in [0.4, 0.5) is 4.39 Å². The summed E-state index contributed by atoms with van der Waals surface area (Å²) in [5.74, 6) is -0.465. The summed E-state index contributed by atoms with van der Waals surface area (Å²) in [7, 11) is -3.04. The van der Waals surface area contributed by atoms with Gasteiger partial charge in [0.25, 0.3) is 0 Å². The van der Waals surface area contributed by atoms with Gasteiger partial charge in [0, 0.05) is 23.1 Å². The largest absolute Gasteiger partial charge is 0.361 e. The summed E-state index contributed by atoms with van der Waals surface area (Å²) in [4.78, 5) is 15.6. The highest BCUT2D eigenvalue weighted by Gasteiger charge is 2.36. The molecular formula is C16H19FN2O3S. The van der Waals surface area contributed by atoms with Crippen LogP contribution in [0.2, 0.25) is 0 Å². The molecule has 7 heteroatoms. The molecule has 0 radical (unpaired) electrons. The van der Waals surface area contributed by atoms with E-state index >= 15 is 0 Å². The SMILES string of the molecule is CC(C)(C(=O)NC1CCS(=O)(=O)C1)c1c[nH]c2cc(F)ccc12. The van der Waals surface area contributed by atoms with Crippen molar-refractivity contribution >= 4 is 26.6 Å². The van der Waals surface area contributed by atoms with Crippen molar-refractivity contribution in [2.45, 2.75) is 31.7 Å². The van der Waals surface area contributed by atoms with Gasteiger partial charge in [-0.1, -0.05) is 0 Å². The molecule has 124 valence electrons. The van der Waals surface area contributed by atoms with Gasteiger partial charge in [-0.15, -0.1) is 0 Å². The molecule has 2 aromatic rings. The van der Waals surface area contributed by atoms with Gasteiger partial charge in [0.1, 0.15) is 5.82 Å². The number of aromatic amines is 1. The van der Waals surface area contributed by atoms with Crippen molar-refractivity contribution in [3.63, 3.8) is 0 Å². The van der Waals surface area contributed by atoms with Crippen LogP contribution < -0.4 is 5.32 Å². The van der Waals surface area contributed by atoms with Crippen LogP contribution in [-0.4, -0.2) is 36.9 Å². The lowest BCUT2D eigenvalue weighted by Gasteiger charge is -2.25. The molecule has 1 saturated heterocycles. The molecule has 1 unspecified atom stereocenters. The lowest BCUT2D eigenvalue weighted by atomic mass is 9.83. The van der Waals surface area contributed by atoms with Crippen molar-refractivity contribution in [1.29, 1.82) is 0 Å². The Morgan fingerprint density at radius 1 is 1.39 bits per heavy atom. The molecular weight excluding hydrogens is 319 g/mol. The fourth-order valence-corrected chi connectivity index (χ4v) is 4.69. The molecule has 0 spiro atoms. The molecule has 1 aromatic carbocycles. The molecule has 2 N–H and O–H groups in total. The van der Waals surface area contributed by atoms with Gasteiger partial charge in [-0.25, -0.2) is 12.8 Å². The molecule has 1 aliphatic rings. The van der Waals surface area contributed by atoms with Crippen molar-refractivity contribution in [3.05, 3.63) is 35.8 Å². The van der Waals surface area contributed by atoms with Gasteiger partial charge in [0.2, 0.25) is 5.91 Å². The van der Waals surface area contributed by atoms with E-state index in [4.69, 9.17) is 0 Å². The Morgan fingerprint density at radius 2 is 2.13 bits per heavy atom. The third-order valence-corrected chi connectivity index (χ3v) is 6.22. The Hall–Kier alpha value is -1.89. The molecule has 3 rings (SSSR count). The molecule has 1 fully saturated rings. The third-order valence-electron chi connectivity index (χ3n) is 4.45. The predicted octanol–water partition coefficient (Wildman–Crippen LogP) is 1.89. The van der Waals surface area contributed by atoms with Crippen LogP contribution in [0.5, 0.6) is 0 Å². The molecule has 1 atom stereocenters. The molecule has 1 aromatic heterocycles. The van der Waals surface area contributed by atoms with Crippen LogP contribution in [0.1, 0.15) is 25.8 Å². The van der Waals surface area contributed by atoms with E-state index < -0.39 is 15.3 Å². The number of halogens is 1. The molecule has 1 amide bonds. The van der Waals surface area contributed by atoms with Crippen molar-refractivity contribution in [1.82, 2.24) is 10.3 Å². The molecule has 23 heavy (non-hydrogen) atoms.